The number of H-pyrrole nitrogens is 1. The molecule has 2 aliphatic rings. The fourth-order valence-corrected chi connectivity index (χ4v) is 4.13. The minimum absolute atomic E-state index is 0.326. The smallest absolute Gasteiger partial charge is 0.138 e. The SMILES string of the molecule is c1cc2cc(-c3ccc(O[C@@H]4C[C@H]5CC[C@@H](C4)N5)cn3)ccc2[nH]1. The molecule has 2 aromatic heterocycles. The number of ether oxygens (including phenoxy) is 1. The first-order valence-electron chi connectivity index (χ1n) is 8.80. The summed E-state index contributed by atoms with van der Waals surface area (Å²) in [5.41, 5.74) is 3.27. The lowest BCUT2D eigenvalue weighted by Gasteiger charge is -2.29. The van der Waals surface area contributed by atoms with Crippen LogP contribution < -0.4 is 10.1 Å². The fraction of sp³-hybridized carbons (Fsp3) is 0.350. The summed E-state index contributed by atoms with van der Waals surface area (Å²) in [7, 11) is 0. The molecule has 0 unspecified atom stereocenters. The van der Waals surface area contributed by atoms with E-state index in [-0.39, 0.29) is 0 Å². The monoisotopic (exact) mass is 319 g/mol. The molecule has 2 fully saturated rings. The molecule has 3 atom stereocenters. The van der Waals surface area contributed by atoms with Crippen molar-refractivity contribution < 1.29 is 4.74 Å². The number of hydrogen-bond donors (Lipinski definition) is 2. The molecule has 4 heteroatoms. The normalized spacial score (nSPS) is 25.9. The van der Waals surface area contributed by atoms with Gasteiger partial charge >= 0.3 is 0 Å². The van der Waals surface area contributed by atoms with E-state index >= 15 is 0 Å². The average molecular weight is 319 g/mol. The number of piperidine rings is 1. The zero-order valence-corrected chi connectivity index (χ0v) is 13.5. The minimum Gasteiger partial charge on any atom is -0.489 e. The van der Waals surface area contributed by atoms with Crippen molar-refractivity contribution in [1.29, 1.82) is 0 Å². The van der Waals surface area contributed by atoms with Gasteiger partial charge in [-0.05, 0) is 56.0 Å². The van der Waals surface area contributed by atoms with E-state index in [4.69, 9.17) is 4.74 Å². The standard InChI is InChI=1S/C20H21N3O/c1-5-19-14(7-8-21-19)9-13(1)20-6-4-17(12-22-20)24-18-10-15-2-3-16(11-18)23-15/h1,4-9,12,15-16,18,21,23H,2-3,10-11H2/t15-,16+,18-. The van der Waals surface area contributed by atoms with Crippen LogP contribution in [0.1, 0.15) is 25.7 Å². The molecule has 2 N–H and O–H groups in total. The summed E-state index contributed by atoms with van der Waals surface area (Å²) in [6.45, 7) is 0. The van der Waals surface area contributed by atoms with Gasteiger partial charge in [0.2, 0.25) is 0 Å². The van der Waals surface area contributed by atoms with Crippen molar-refractivity contribution in [2.24, 2.45) is 0 Å². The Balaban J connectivity index is 1.33. The van der Waals surface area contributed by atoms with E-state index in [9.17, 15) is 0 Å². The summed E-state index contributed by atoms with van der Waals surface area (Å²) in [5, 5.41) is 4.86. The summed E-state index contributed by atoms with van der Waals surface area (Å²) in [5.74, 6) is 0.882. The van der Waals surface area contributed by atoms with Crippen molar-refractivity contribution in [1.82, 2.24) is 15.3 Å². The van der Waals surface area contributed by atoms with E-state index in [1.54, 1.807) is 0 Å². The molecule has 4 nitrogen and oxygen atoms in total. The van der Waals surface area contributed by atoms with Crippen LogP contribution in [0.25, 0.3) is 22.2 Å². The van der Waals surface area contributed by atoms with Gasteiger partial charge in [-0.2, -0.15) is 0 Å². The number of nitrogens with zero attached hydrogens (tertiary/aromatic N) is 1. The molecule has 122 valence electrons. The average Bonchev–Trinajstić information content (AvgIpc) is 3.21. The predicted octanol–water partition coefficient (Wildman–Crippen LogP) is 3.89. The van der Waals surface area contributed by atoms with Crippen molar-refractivity contribution >= 4 is 10.9 Å². The van der Waals surface area contributed by atoms with E-state index in [1.165, 1.54) is 18.2 Å². The largest absolute Gasteiger partial charge is 0.489 e. The summed E-state index contributed by atoms with van der Waals surface area (Å²) in [4.78, 5) is 7.83. The Morgan fingerprint density at radius 3 is 2.67 bits per heavy atom. The van der Waals surface area contributed by atoms with Gasteiger partial charge in [-0.3, -0.25) is 4.98 Å². The third-order valence-electron chi connectivity index (χ3n) is 5.32. The zero-order valence-electron chi connectivity index (χ0n) is 13.5. The molecule has 0 radical (unpaired) electrons. The Kier molecular flexibility index (Phi) is 3.30. The van der Waals surface area contributed by atoms with E-state index in [2.05, 4.69) is 45.6 Å². The molecule has 0 amide bonds. The van der Waals surface area contributed by atoms with Crippen LogP contribution in [0.4, 0.5) is 0 Å². The number of aromatic amines is 1. The van der Waals surface area contributed by atoms with E-state index in [1.807, 2.05) is 18.5 Å². The number of hydrogen-bond acceptors (Lipinski definition) is 3. The highest BCUT2D eigenvalue weighted by atomic mass is 16.5. The number of aromatic nitrogens is 2. The molecule has 0 spiro atoms. The number of rotatable bonds is 3. The molecule has 5 rings (SSSR count). The van der Waals surface area contributed by atoms with Crippen LogP contribution in [0.3, 0.4) is 0 Å². The van der Waals surface area contributed by atoms with Gasteiger partial charge in [0, 0.05) is 34.7 Å². The second-order valence-electron chi connectivity index (χ2n) is 7.01. The summed E-state index contributed by atoms with van der Waals surface area (Å²) in [6.07, 6.45) is 8.97. The first-order valence-corrected chi connectivity index (χ1v) is 8.80. The van der Waals surface area contributed by atoms with E-state index < -0.39 is 0 Å². The van der Waals surface area contributed by atoms with Gasteiger partial charge in [-0.15, -0.1) is 0 Å². The van der Waals surface area contributed by atoms with Crippen LogP contribution in [0.2, 0.25) is 0 Å². The fourth-order valence-electron chi connectivity index (χ4n) is 4.13. The molecular weight excluding hydrogens is 298 g/mol. The Morgan fingerprint density at radius 1 is 1.00 bits per heavy atom. The van der Waals surface area contributed by atoms with Crippen LogP contribution in [0.5, 0.6) is 5.75 Å². The van der Waals surface area contributed by atoms with Crippen molar-refractivity contribution in [2.45, 2.75) is 43.9 Å². The Morgan fingerprint density at radius 2 is 1.88 bits per heavy atom. The predicted molar refractivity (Wildman–Crippen MR) is 95.1 cm³/mol. The van der Waals surface area contributed by atoms with Crippen molar-refractivity contribution in [3.8, 4) is 17.0 Å². The molecule has 1 aromatic carbocycles. The van der Waals surface area contributed by atoms with Crippen LogP contribution in [-0.4, -0.2) is 28.2 Å². The van der Waals surface area contributed by atoms with Crippen molar-refractivity contribution in [3.05, 3.63) is 48.8 Å². The minimum atomic E-state index is 0.326. The number of benzene rings is 1. The van der Waals surface area contributed by atoms with Gasteiger partial charge in [-0.1, -0.05) is 6.07 Å². The third kappa shape index (κ3) is 2.57. The van der Waals surface area contributed by atoms with Gasteiger partial charge in [0.1, 0.15) is 11.9 Å². The maximum Gasteiger partial charge on any atom is 0.138 e. The molecular formula is C20H21N3O. The van der Waals surface area contributed by atoms with Gasteiger partial charge < -0.3 is 15.0 Å². The number of pyridine rings is 1. The summed E-state index contributed by atoms with van der Waals surface area (Å²) < 4.78 is 6.18. The van der Waals surface area contributed by atoms with Gasteiger partial charge in [0.15, 0.2) is 0 Å². The van der Waals surface area contributed by atoms with Crippen LogP contribution in [0, 0.1) is 0 Å². The maximum atomic E-state index is 6.18. The maximum absolute atomic E-state index is 6.18. The first kappa shape index (κ1) is 14.1. The van der Waals surface area contributed by atoms with E-state index in [0.717, 1.165) is 35.4 Å². The Bertz CT molecular complexity index is 843. The number of fused-ring (bicyclic) bond motifs is 3. The molecule has 3 aromatic rings. The number of nitrogens with one attached hydrogen (secondary N) is 2. The quantitative estimate of drug-likeness (QED) is 0.770. The van der Waals surface area contributed by atoms with E-state index in [0.29, 0.717) is 18.2 Å². The van der Waals surface area contributed by atoms with Crippen LogP contribution >= 0.6 is 0 Å². The highest BCUT2D eigenvalue weighted by Crippen LogP contribution is 2.30. The first-order chi connectivity index (χ1) is 11.8. The highest BCUT2D eigenvalue weighted by molar-refractivity contribution is 5.84. The topological polar surface area (TPSA) is 49.9 Å². The summed E-state index contributed by atoms with van der Waals surface area (Å²) in [6, 6.07) is 13.9. The third-order valence-corrected chi connectivity index (χ3v) is 5.32. The zero-order chi connectivity index (χ0) is 15.9. The molecule has 0 aliphatic carbocycles. The van der Waals surface area contributed by atoms with Gasteiger partial charge in [0.05, 0.1) is 11.9 Å². The molecule has 24 heavy (non-hydrogen) atoms. The summed E-state index contributed by atoms with van der Waals surface area (Å²) >= 11 is 0. The van der Waals surface area contributed by atoms with Crippen LogP contribution in [0.15, 0.2) is 48.8 Å². The lowest BCUT2D eigenvalue weighted by atomic mass is 10.0. The Labute approximate surface area is 141 Å². The second kappa shape index (κ2) is 5.64. The van der Waals surface area contributed by atoms with Crippen LogP contribution in [-0.2, 0) is 0 Å². The Hall–Kier alpha value is -2.33. The molecule has 4 heterocycles. The highest BCUT2D eigenvalue weighted by Gasteiger charge is 2.34. The van der Waals surface area contributed by atoms with Gasteiger partial charge in [0.25, 0.3) is 0 Å². The molecule has 0 saturated carbocycles. The van der Waals surface area contributed by atoms with Crippen molar-refractivity contribution in [3.63, 3.8) is 0 Å². The second-order valence-corrected chi connectivity index (χ2v) is 7.01. The van der Waals surface area contributed by atoms with Crippen molar-refractivity contribution in [2.75, 3.05) is 0 Å². The molecule has 2 bridgehead atoms. The molecule has 2 aliphatic heterocycles. The lowest BCUT2D eigenvalue weighted by molar-refractivity contribution is 0.137. The lowest BCUT2D eigenvalue weighted by Crippen LogP contribution is -2.42. The molecule has 2 saturated heterocycles. The van der Waals surface area contributed by atoms with Gasteiger partial charge in [-0.25, -0.2) is 0 Å².